The van der Waals surface area contributed by atoms with Crippen molar-refractivity contribution in [2.75, 3.05) is 0 Å². The van der Waals surface area contributed by atoms with E-state index in [9.17, 15) is 10.4 Å². The second kappa shape index (κ2) is 5.46. The van der Waals surface area contributed by atoms with Crippen molar-refractivity contribution < 1.29 is 5.11 Å². The number of aliphatic hydroxyl groups is 1. The Morgan fingerprint density at radius 1 is 1.14 bits per heavy atom. The molecule has 1 saturated carbocycles. The van der Waals surface area contributed by atoms with Gasteiger partial charge < -0.3 is 5.11 Å². The Balaban J connectivity index is 2.08. The van der Waals surface area contributed by atoms with Crippen molar-refractivity contribution in [2.45, 2.75) is 63.9 Å². The Bertz CT molecular complexity index is 551. The first-order valence-electron chi connectivity index (χ1n) is 8.33. The number of rotatable bonds is 1. The summed E-state index contributed by atoms with van der Waals surface area (Å²) >= 11 is 0. The number of aryl methyl sites for hydroxylation is 1. The van der Waals surface area contributed by atoms with Gasteiger partial charge >= 0.3 is 0 Å². The van der Waals surface area contributed by atoms with Gasteiger partial charge in [0, 0.05) is 0 Å². The minimum atomic E-state index is -0.963. The fourth-order valence-corrected chi connectivity index (χ4v) is 4.34. The van der Waals surface area contributed by atoms with Gasteiger partial charge in [-0.15, -0.1) is 0 Å². The summed E-state index contributed by atoms with van der Waals surface area (Å²) < 4.78 is 0. The summed E-state index contributed by atoms with van der Waals surface area (Å²) in [5, 5.41) is 21.6. The van der Waals surface area contributed by atoms with Gasteiger partial charge in [-0.25, -0.2) is 0 Å². The number of benzene rings is 1. The van der Waals surface area contributed by atoms with Gasteiger partial charge in [-0.2, -0.15) is 5.26 Å². The van der Waals surface area contributed by atoms with Gasteiger partial charge in [0.05, 0.1) is 11.5 Å². The van der Waals surface area contributed by atoms with Crippen LogP contribution in [0.1, 0.15) is 63.0 Å². The molecule has 1 aromatic carbocycles. The van der Waals surface area contributed by atoms with Crippen LogP contribution in [0.5, 0.6) is 0 Å². The van der Waals surface area contributed by atoms with Crippen LogP contribution in [-0.4, -0.2) is 5.11 Å². The fourth-order valence-electron chi connectivity index (χ4n) is 4.34. The predicted molar refractivity (Wildman–Crippen MR) is 83.6 cm³/mol. The zero-order valence-corrected chi connectivity index (χ0v) is 12.9. The van der Waals surface area contributed by atoms with Crippen LogP contribution in [0.4, 0.5) is 0 Å². The van der Waals surface area contributed by atoms with Crippen molar-refractivity contribution in [1.29, 1.82) is 5.26 Å². The Kier molecular flexibility index (Phi) is 3.80. The molecule has 2 aliphatic rings. The van der Waals surface area contributed by atoms with Crippen LogP contribution in [0.3, 0.4) is 0 Å². The summed E-state index contributed by atoms with van der Waals surface area (Å²) in [7, 11) is 0. The van der Waals surface area contributed by atoms with Gasteiger partial charge in [-0.1, -0.05) is 31.2 Å². The molecule has 1 unspecified atom stereocenters. The third-order valence-corrected chi connectivity index (χ3v) is 5.83. The highest BCUT2D eigenvalue weighted by Crippen LogP contribution is 2.54. The monoisotopic (exact) mass is 283 g/mol. The van der Waals surface area contributed by atoms with E-state index in [0.29, 0.717) is 5.92 Å². The molecule has 2 heteroatoms. The average molecular weight is 283 g/mol. The van der Waals surface area contributed by atoms with Gasteiger partial charge in [0.25, 0.3) is 0 Å². The molecule has 0 saturated heterocycles. The first-order chi connectivity index (χ1) is 10.1. The van der Waals surface area contributed by atoms with Crippen molar-refractivity contribution in [3.63, 3.8) is 0 Å². The van der Waals surface area contributed by atoms with Gasteiger partial charge in [-0.05, 0) is 68.4 Å². The van der Waals surface area contributed by atoms with Gasteiger partial charge in [0.1, 0.15) is 5.60 Å². The Morgan fingerprint density at radius 2 is 1.86 bits per heavy atom. The number of hydrogen-bond acceptors (Lipinski definition) is 2. The van der Waals surface area contributed by atoms with Crippen molar-refractivity contribution in [3.8, 4) is 6.07 Å². The molecule has 0 radical (unpaired) electrons. The van der Waals surface area contributed by atoms with Crippen LogP contribution in [0.15, 0.2) is 24.3 Å². The predicted octanol–water partition coefficient (Wildman–Crippen LogP) is 4.32. The van der Waals surface area contributed by atoms with Crippen molar-refractivity contribution in [1.82, 2.24) is 0 Å². The summed E-state index contributed by atoms with van der Waals surface area (Å²) in [6.45, 7) is 2.26. The molecule has 1 atom stereocenters. The maximum Gasteiger partial charge on any atom is 0.108 e. The molecule has 2 nitrogen and oxygen atoms in total. The van der Waals surface area contributed by atoms with Crippen molar-refractivity contribution in [3.05, 3.63) is 35.4 Å². The molecule has 0 aromatic heterocycles. The Morgan fingerprint density at radius 3 is 2.57 bits per heavy atom. The second-order valence-electron chi connectivity index (χ2n) is 7.10. The van der Waals surface area contributed by atoms with E-state index >= 15 is 0 Å². The van der Waals surface area contributed by atoms with Crippen LogP contribution in [0.25, 0.3) is 0 Å². The standard InChI is InChI=1S/C19H25NO/c1-15-9-12-18(14-20,13-10-15)19(21)11-5-4-7-16-6-2-3-8-17(16)19/h2-3,6,8,15,21H,4-5,7,9-13H2,1H3. The average Bonchev–Trinajstić information content (AvgIpc) is 2.69. The summed E-state index contributed by atoms with van der Waals surface area (Å²) in [6.07, 6.45) is 7.63. The molecule has 1 fully saturated rings. The van der Waals surface area contributed by atoms with Gasteiger partial charge in [0.15, 0.2) is 0 Å². The van der Waals surface area contributed by atoms with E-state index in [4.69, 9.17) is 0 Å². The van der Waals surface area contributed by atoms with E-state index in [1.165, 1.54) is 5.56 Å². The van der Waals surface area contributed by atoms with E-state index in [0.717, 1.165) is 56.9 Å². The molecule has 112 valence electrons. The van der Waals surface area contributed by atoms with E-state index in [2.05, 4.69) is 25.1 Å². The number of nitrogens with zero attached hydrogens (tertiary/aromatic N) is 1. The molecule has 0 spiro atoms. The summed E-state index contributed by atoms with van der Waals surface area (Å²) in [5.41, 5.74) is 0.707. The molecule has 0 aliphatic heterocycles. The fraction of sp³-hybridized carbons (Fsp3) is 0.632. The highest BCUT2D eigenvalue weighted by molar-refractivity contribution is 5.37. The molecule has 0 amide bonds. The van der Waals surface area contributed by atoms with Gasteiger partial charge in [-0.3, -0.25) is 0 Å². The zero-order valence-electron chi connectivity index (χ0n) is 12.9. The van der Waals surface area contributed by atoms with E-state index in [1.54, 1.807) is 0 Å². The SMILES string of the molecule is CC1CCC(C#N)(C2(O)CCCCc3ccccc32)CC1. The lowest BCUT2D eigenvalue weighted by Crippen LogP contribution is -2.47. The largest absolute Gasteiger partial charge is 0.383 e. The second-order valence-corrected chi connectivity index (χ2v) is 7.10. The van der Waals surface area contributed by atoms with Crippen LogP contribution < -0.4 is 0 Å². The third-order valence-electron chi connectivity index (χ3n) is 5.83. The third kappa shape index (κ3) is 2.28. The minimum Gasteiger partial charge on any atom is -0.383 e. The summed E-state index contributed by atoms with van der Waals surface area (Å²) in [6, 6.07) is 10.8. The van der Waals surface area contributed by atoms with Crippen molar-refractivity contribution >= 4 is 0 Å². The van der Waals surface area contributed by atoms with Crippen LogP contribution in [0.2, 0.25) is 0 Å². The van der Waals surface area contributed by atoms with Crippen molar-refractivity contribution in [2.24, 2.45) is 11.3 Å². The summed E-state index contributed by atoms with van der Waals surface area (Å²) in [4.78, 5) is 0. The Hall–Kier alpha value is -1.33. The maximum atomic E-state index is 11.6. The molecular formula is C19H25NO. The molecule has 0 bridgehead atoms. The lowest BCUT2D eigenvalue weighted by Gasteiger charge is -2.46. The van der Waals surface area contributed by atoms with Gasteiger partial charge in [0.2, 0.25) is 0 Å². The first kappa shape index (κ1) is 14.6. The van der Waals surface area contributed by atoms with Crippen LogP contribution >= 0.6 is 0 Å². The molecule has 21 heavy (non-hydrogen) atoms. The molecule has 0 heterocycles. The molecule has 2 aliphatic carbocycles. The topological polar surface area (TPSA) is 44.0 Å². The molecule has 3 rings (SSSR count). The minimum absolute atomic E-state index is 0.597. The lowest BCUT2D eigenvalue weighted by atomic mass is 9.59. The number of fused-ring (bicyclic) bond motifs is 1. The van der Waals surface area contributed by atoms with E-state index < -0.39 is 11.0 Å². The van der Waals surface area contributed by atoms with E-state index in [1.807, 2.05) is 12.1 Å². The summed E-state index contributed by atoms with van der Waals surface area (Å²) in [5.74, 6) is 0.677. The smallest absolute Gasteiger partial charge is 0.108 e. The highest BCUT2D eigenvalue weighted by Gasteiger charge is 2.53. The molecule has 1 aromatic rings. The normalized spacial score (nSPS) is 36.3. The van der Waals surface area contributed by atoms with E-state index in [-0.39, 0.29) is 0 Å². The lowest BCUT2D eigenvalue weighted by molar-refractivity contribution is -0.0903. The zero-order chi connectivity index (χ0) is 14.9. The Labute approximate surface area is 127 Å². The maximum absolute atomic E-state index is 11.6. The quantitative estimate of drug-likeness (QED) is 0.780. The van der Waals surface area contributed by atoms with Crippen LogP contribution in [0, 0.1) is 22.7 Å². The van der Waals surface area contributed by atoms with Crippen LogP contribution in [-0.2, 0) is 12.0 Å². The first-order valence-corrected chi connectivity index (χ1v) is 8.33. The highest BCUT2D eigenvalue weighted by atomic mass is 16.3. The molecular weight excluding hydrogens is 258 g/mol. The number of nitriles is 1. The molecule has 1 N–H and O–H groups in total. The number of hydrogen-bond donors (Lipinski definition) is 1.